The highest BCUT2D eigenvalue weighted by molar-refractivity contribution is 9.11. The van der Waals surface area contributed by atoms with E-state index in [2.05, 4.69) is 32.9 Å². The Morgan fingerprint density at radius 1 is 1.35 bits per heavy atom. The number of thiophene rings is 1. The fourth-order valence-corrected chi connectivity index (χ4v) is 6.38. The number of sulfonamides is 1. The highest BCUT2D eigenvalue weighted by Gasteiger charge is 2.31. The lowest BCUT2D eigenvalue weighted by Gasteiger charge is -2.32. The third kappa shape index (κ3) is 3.44. The summed E-state index contributed by atoms with van der Waals surface area (Å²) in [4.78, 5) is 1.45. The predicted octanol–water partition coefficient (Wildman–Crippen LogP) is 2.84. The monoisotopic (exact) mass is 378 g/mol. The zero-order valence-corrected chi connectivity index (χ0v) is 14.6. The number of rotatable bonds is 6. The van der Waals surface area contributed by atoms with Crippen molar-refractivity contribution in [3.63, 3.8) is 0 Å². The van der Waals surface area contributed by atoms with E-state index in [1.807, 2.05) is 0 Å². The lowest BCUT2D eigenvalue weighted by Crippen LogP contribution is -2.43. The van der Waals surface area contributed by atoms with Gasteiger partial charge in [-0.15, -0.1) is 11.3 Å². The quantitative estimate of drug-likeness (QED) is 0.799. The van der Waals surface area contributed by atoms with Crippen LogP contribution in [0.5, 0.6) is 0 Å². The molecule has 0 unspecified atom stereocenters. The van der Waals surface area contributed by atoms with Gasteiger partial charge in [-0.05, 0) is 53.6 Å². The van der Waals surface area contributed by atoms with Gasteiger partial charge in [-0.1, -0.05) is 6.92 Å². The van der Waals surface area contributed by atoms with Gasteiger partial charge >= 0.3 is 0 Å². The Kier molecular flexibility index (Phi) is 4.25. The van der Waals surface area contributed by atoms with Crippen molar-refractivity contribution in [1.82, 2.24) is 10.0 Å². The van der Waals surface area contributed by atoms with Crippen molar-refractivity contribution in [3.05, 3.63) is 14.7 Å². The Balaban J connectivity index is 1.67. The van der Waals surface area contributed by atoms with E-state index >= 15 is 0 Å². The minimum absolute atomic E-state index is 0.106. The van der Waals surface area contributed by atoms with Gasteiger partial charge in [-0.2, -0.15) is 0 Å². The molecule has 0 bridgehead atoms. The highest BCUT2D eigenvalue weighted by Crippen LogP contribution is 2.34. The maximum atomic E-state index is 12.4. The lowest BCUT2D eigenvalue weighted by atomic mass is 9.83. The summed E-state index contributed by atoms with van der Waals surface area (Å²) in [7, 11) is -3.39. The van der Waals surface area contributed by atoms with Crippen molar-refractivity contribution in [2.75, 3.05) is 0 Å². The van der Waals surface area contributed by atoms with Gasteiger partial charge in [-0.3, -0.25) is 0 Å². The maximum Gasteiger partial charge on any atom is 0.242 e. The first-order valence-corrected chi connectivity index (χ1v) is 10.1. The highest BCUT2D eigenvalue weighted by atomic mass is 79.9. The van der Waals surface area contributed by atoms with Crippen LogP contribution in [0.3, 0.4) is 0 Å². The van der Waals surface area contributed by atoms with Crippen LogP contribution in [0.25, 0.3) is 0 Å². The summed E-state index contributed by atoms with van der Waals surface area (Å²) < 4.78 is 28.2. The molecule has 2 aliphatic rings. The number of hydrogen-bond donors (Lipinski definition) is 2. The Labute approximate surface area is 132 Å². The Bertz CT molecular complexity index is 590. The van der Waals surface area contributed by atoms with Crippen LogP contribution in [0.4, 0.5) is 0 Å². The first-order valence-electron chi connectivity index (χ1n) is 6.98. The third-order valence-corrected chi connectivity index (χ3v) is 7.61. The minimum atomic E-state index is -3.39. The second-order valence-corrected chi connectivity index (χ2v) is 10.0. The van der Waals surface area contributed by atoms with Gasteiger partial charge in [0.15, 0.2) is 0 Å². The van der Waals surface area contributed by atoms with Crippen LogP contribution in [0.15, 0.2) is 14.7 Å². The van der Waals surface area contributed by atoms with Crippen LogP contribution in [0.2, 0.25) is 0 Å². The fourth-order valence-electron chi connectivity index (χ4n) is 2.48. The average Bonchev–Trinajstić information content (AvgIpc) is 3.07. The molecule has 0 amide bonds. The van der Waals surface area contributed by atoms with E-state index in [1.165, 1.54) is 24.2 Å². The lowest BCUT2D eigenvalue weighted by molar-refractivity contribution is 0.270. The van der Waals surface area contributed by atoms with E-state index in [0.717, 1.165) is 24.3 Å². The smallest absolute Gasteiger partial charge is 0.242 e. The molecule has 1 aromatic heterocycles. The van der Waals surface area contributed by atoms with Gasteiger partial charge in [0, 0.05) is 23.5 Å². The van der Waals surface area contributed by atoms with Crippen molar-refractivity contribution in [3.8, 4) is 0 Å². The van der Waals surface area contributed by atoms with E-state index in [-0.39, 0.29) is 6.04 Å². The van der Waals surface area contributed by atoms with Gasteiger partial charge in [0.1, 0.15) is 4.90 Å². The van der Waals surface area contributed by atoms with Gasteiger partial charge in [0.25, 0.3) is 0 Å². The van der Waals surface area contributed by atoms with Gasteiger partial charge in [-0.25, -0.2) is 13.1 Å². The van der Waals surface area contributed by atoms with Crippen LogP contribution in [-0.4, -0.2) is 20.5 Å². The molecule has 0 atom stereocenters. The molecule has 20 heavy (non-hydrogen) atoms. The maximum absolute atomic E-state index is 12.4. The third-order valence-electron chi connectivity index (χ3n) is 3.83. The second kappa shape index (κ2) is 5.68. The molecule has 112 valence electrons. The average molecular weight is 379 g/mol. The molecule has 0 aromatic carbocycles. The fraction of sp³-hybridized carbons (Fsp3) is 0.692. The van der Waals surface area contributed by atoms with Crippen LogP contribution in [-0.2, 0) is 16.6 Å². The van der Waals surface area contributed by atoms with Gasteiger partial charge in [0.05, 0.1) is 3.79 Å². The summed E-state index contributed by atoms with van der Waals surface area (Å²) in [6.07, 6.45) is 4.35. The van der Waals surface area contributed by atoms with E-state index in [9.17, 15) is 8.42 Å². The molecule has 0 spiro atoms. The van der Waals surface area contributed by atoms with Gasteiger partial charge < -0.3 is 5.32 Å². The zero-order valence-electron chi connectivity index (χ0n) is 11.4. The minimum Gasteiger partial charge on any atom is -0.309 e. The Morgan fingerprint density at radius 3 is 2.65 bits per heavy atom. The summed E-state index contributed by atoms with van der Waals surface area (Å²) in [5.74, 6) is 0.631. The standard InChI is InChI=1S/C13H19BrN2O2S2/c1-8-4-10(5-8)16-20(17,18)12-6-11(19-13(12)14)7-15-9-2-3-9/h6,8-10,15-16H,2-5,7H2,1H3. The normalized spacial score (nSPS) is 26.5. The molecule has 1 aromatic rings. The van der Waals surface area contributed by atoms with Gasteiger partial charge in [0.2, 0.25) is 10.0 Å². The molecule has 7 heteroatoms. The largest absolute Gasteiger partial charge is 0.309 e. The van der Waals surface area contributed by atoms with Crippen molar-refractivity contribution >= 4 is 37.3 Å². The zero-order chi connectivity index (χ0) is 14.3. The molecule has 2 saturated carbocycles. The van der Waals surface area contributed by atoms with Crippen LogP contribution in [0, 0.1) is 5.92 Å². The Morgan fingerprint density at radius 2 is 2.05 bits per heavy atom. The molecular formula is C13H19BrN2O2S2. The SMILES string of the molecule is CC1CC(NS(=O)(=O)c2cc(CNC3CC3)sc2Br)C1. The molecular weight excluding hydrogens is 360 g/mol. The molecule has 4 nitrogen and oxygen atoms in total. The predicted molar refractivity (Wildman–Crippen MR) is 84.4 cm³/mol. The van der Waals surface area contributed by atoms with E-state index in [4.69, 9.17) is 0 Å². The molecule has 0 saturated heterocycles. The van der Waals surface area contributed by atoms with E-state index in [0.29, 0.717) is 20.6 Å². The second-order valence-electron chi connectivity index (χ2n) is 5.90. The molecule has 0 aliphatic heterocycles. The molecule has 2 fully saturated rings. The van der Waals surface area contributed by atoms with Crippen molar-refractivity contribution in [1.29, 1.82) is 0 Å². The summed E-state index contributed by atoms with van der Waals surface area (Å²) in [6, 6.07) is 2.52. The Hall–Kier alpha value is 0.0500. The molecule has 2 N–H and O–H groups in total. The van der Waals surface area contributed by atoms with Crippen LogP contribution in [0.1, 0.15) is 37.5 Å². The van der Waals surface area contributed by atoms with E-state index < -0.39 is 10.0 Å². The summed E-state index contributed by atoms with van der Waals surface area (Å²) in [6.45, 7) is 2.90. The van der Waals surface area contributed by atoms with Crippen LogP contribution >= 0.6 is 27.3 Å². The summed E-state index contributed by atoms with van der Waals surface area (Å²) in [5.41, 5.74) is 0. The number of halogens is 1. The van der Waals surface area contributed by atoms with Crippen LogP contribution < -0.4 is 10.0 Å². The van der Waals surface area contributed by atoms with Crippen molar-refractivity contribution in [2.24, 2.45) is 5.92 Å². The first-order chi connectivity index (χ1) is 9.44. The molecule has 0 radical (unpaired) electrons. The summed E-state index contributed by atoms with van der Waals surface area (Å²) in [5, 5.41) is 3.41. The molecule has 1 heterocycles. The number of nitrogens with one attached hydrogen (secondary N) is 2. The molecule has 2 aliphatic carbocycles. The van der Waals surface area contributed by atoms with E-state index in [1.54, 1.807) is 6.07 Å². The van der Waals surface area contributed by atoms with Crippen molar-refractivity contribution < 1.29 is 8.42 Å². The summed E-state index contributed by atoms with van der Waals surface area (Å²) >= 11 is 4.89. The number of hydrogen-bond acceptors (Lipinski definition) is 4. The topological polar surface area (TPSA) is 58.2 Å². The molecule has 3 rings (SSSR count). The van der Waals surface area contributed by atoms with Crippen molar-refractivity contribution in [2.45, 2.75) is 56.1 Å². The first kappa shape index (κ1) is 15.0.